The lowest BCUT2D eigenvalue weighted by Crippen LogP contribution is -2.27. The van der Waals surface area contributed by atoms with E-state index in [9.17, 15) is 10.4 Å². The Hall–Kier alpha value is -2.42. The van der Waals surface area contributed by atoms with Crippen LogP contribution in [-0.2, 0) is 0 Å². The van der Waals surface area contributed by atoms with E-state index in [4.69, 9.17) is 0 Å². The van der Waals surface area contributed by atoms with Crippen LogP contribution in [0.5, 0.6) is 0 Å². The van der Waals surface area contributed by atoms with E-state index in [2.05, 4.69) is 16.4 Å². The van der Waals surface area contributed by atoms with Crippen molar-refractivity contribution >= 4 is 21.2 Å². The van der Waals surface area contributed by atoms with Crippen LogP contribution in [0.15, 0.2) is 40.6 Å². The lowest BCUT2D eigenvalue weighted by atomic mass is 9.79. The summed E-state index contributed by atoms with van der Waals surface area (Å²) in [5, 5.41) is 24.1. The lowest BCUT2D eigenvalue weighted by Gasteiger charge is -2.37. The Morgan fingerprint density at radius 2 is 2.04 bits per heavy atom. The third-order valence-electron chi connectivity index (χ3n) is 5.10. The van der Waals surface area contributed by atoms with Gasteiger partial charge in [-0.05, 0) is 50.3 Å². The van der Waals surface area contributed by atoms with Crippen LogP contribution in [0.3, 0.4) is 0 Å². The number of hydrogen-bond donors (Lipinski definition) is 2. The van der Waals surface area contributed by atoms with Crippen molar-refractivity contribution in [3.63, 3.8) is 0 Å². The van der Waals surface area contributed by atoms with Gasteiger partial charge in [0, 0.05) is 45.2 Å². The summed E-state index contributed by atoms with van der Waals surface area (Å²) < 4.78 is 0. The molecular weight excluding hydrogens is 330 g/mol. The molecule has 0 amide bonds. The monoisotopic (exact) mass is 349 g/mol. The normalized spacial score (nSPS) is 21.0. The fourth-order valence-electron chi connectivity index (χ4n) is 3.83. The van der Waals surface area contributed by atoms with Gasteiger partial charge in [0.25, 0.3) is 0 Å². The zero-order valence-electron chi connectivity index (χ0n) is 14.6. The first-order valence-corrected chi connectivity index (χ1v) is 9.77. The maximum atomic E-state index is 11.0. The van der Waals surface area contributed by atoms with E-state index < -0.39 is 10.5 Å². The van der Waals surface area contributed by atoms with Crippen molar-refractivity contribution < 1.29 is 5.11 Å². The molecule has 4 nitrogen and oxygen atoms in total. The number of hydrogen-bond acceptors (Lipinski definition) is 3. The predicted octanol–water partition coefficient (Wildman–Crippen LogP) is 4.36. The summed E-state index contributed by atoms with van der Waals surface area (Å²) in [6.07, 6.45) is 3.90. The molecule has 1 unspecified atom stereocenters. The highest BCUT2D eigenvalue weighted by atomic mass is 32.2. The zero-order valence-corrected chi connectivity index (χ0v) is 15.5. The van der Waals surface area contributed by atoms with E-state index in [0.717, 1.165) is 44.2 Å². The number of nitrogens with zero attached hydrogens (tertiary/aromatic N) is 2. The second kappa shape index (κ2) is 5.55. The molecule has 2 aromatic rings. The Labute approximate surface area is 149 Å². The van der Waals surface area contributed by atoms with Crippen LogP contribution in [0.2, 0.25) is 0 Å². The van der Waals surface area contributed by atoms with Crippen molar-refractivity contribution in [1.82, 2.24) is 4.98 Å². The summed E-state index contributed by atoms with van der Waals surface area (Å²) in [4.78, 5) is 5.60. The van der Waals surface area contributed by atoms with Gasteiger partial charge in [-0.1, -0.05) is 6.07 Å². The van der Waals surface area contributed by atoms with Gasteiger partial charge in [0.1, 0.15) is 5.05 Å². The minimum absolute atomic E-state index is 0.0462. The third kappa shape index (κ3) is 2.18. The van der Waals surface area contributed by atoms with E-state index >= 15 is 0 Å². The van der Waals surface area contributed by atoms with Crippen LogP contribution in [0.4, 0.5) is 5.69 Å². The highest BCUT2D eigenvalue weighted by Gasteiger charge is 2.37. The molecule has 2 aliphatic heterocycles. The van der Waals surface area contributed by atoms with Gasteiger partial charge in [-0.3, -0.25) is 4.98 Å². The highest BCUT2D eigenvalue weighted by Crippen LogP contribution is 2.51. The fourth-order valence-corrected chi connectivity index (χ4v) is 5.48. The van der Waals surface area contributed by atoms with Crippen molar-refractivity contribution in [1.29, 1.82) is 5.26 Å². The van der Waals surface area contributed by atoms with E-state index in [1.807, 2.05) is 51.4 Å². The topological polar surface area (TPSA) is 68.9 Å². The Morgan fingerprint density at radius 1 is 1.28 bits per heavy atom. The molecule has 0 radical (unpaired) electrons. The minimum atomic E-state index is -0.447. The Kier molecular flexibility index (Phi) is 3.57. The average Bonchev–Trinajstić information content (AvgIpc) is 2.61. The maximum Gasteiger partial charge on any atom is 0.106 e. The van der Waals surface area contributed by atoms with Gasteiger partial charge in [0.2, 0.25) is 0 Å². The van der Waals surface area contributed by atoms with Gasteiger partial charge < -0.3 is 10.4 Å². The molecule has 1 aromatic carbocycles. The second-order valence-corrected chi connectivity index (χ2v) is 8.44. The molecule has 25 heavy (non-hydrogen) atoms. The van der Waals surface area contributed by atoms with Crippen LogP contribution in [0.1, 0.15) is 40.8 Å². The summed E-state index contributed by atoms with van der Waals surface area (Å²) in [5.74, 6) is -0.0462. The first kappa shape index (κ1) is 16.1. The number of aryl methyl sites for hydroxylation is 2. The number of pyridine rings is 1. The molecule has 2 N–H and O–H groups in total. The van der Waals surface area contributed by atoms with Crippen molar-refractivity contribution in [3.05, 3.63) is 63.6 Å². The van der Waals surface area contributed by atoms with Crippen LogP contribution in [0, 0.1) is 25.2 Å². The van der Waals surface area contributed by atoms with Crippen LogP contribution < -0.4 is 5.32 Å². The fraction of sp³-hybridized carbons (Fsp3) is 0.250. The first-order chi connectivity index (χ1) is 11.9. The predicted molar refractivity (Wildman–Crippen MR) is 102 cm³/mol. The van der Waals surface area contributed by atoms with Crippen molar-refractivity contribution in [3.8, 4) is 6.07 Å². The molecule has 0 saturated heterocycles. The summed E-state index contributed by atoms with van der Waals surface area (Å²) in [5.41, 5.74) is 7.98. The number of aliphatic hydroxyl groups is 1. The summed E-state index contributed by atoms with van der Waals surface area (Å²) in [6, 6.07) is 8.03. The summed E-state index contributed by atoms with van der Waals surface area (Å²) >= 11 is 0. The smallest absolute Gasteiger partial charge is 0.106 e. The van der Waals surface area contributed by atoms with Gasteiger partial charge in [-0.2, -0.15) is 5.26 Å². The molecule has 126 valence electrons. The Bertz CT molecular complexity index is 1040. The number of allylic oxidation sites excluding steroid dienone is 1. The van der Waals surface area contributed by atoms with E-state index in [1.165, 1.54) is 0 Å². The van der Waals surface area contributed by atoms with Gasteiger partial charge in [0.15, 0.2) is 0 Å². The van der Waals surface area contributed by atoms with Crippen LogP contribution in [-0.4, -0.2) is 21.4 Å². The van der Waals surface area contributed by atoms with Crippen LogP contribution >= 0.6 is 10.5 Å². The zero-order chi connectivity index (χ0) is 17.9. The summed E-state index contributed by atoms with van der Waals surface area (Å²) in [6.45, 7) is 6.08. The molecule has 2 atom stereocenters. The van der Waals surface area contributed by atoms with E-state index in [0.29, 0.717) is 10.6 Å². The van der Waals surface area contributed by atoms with Gasteiger partial charge in [-0.25, -0.2) is 0 Å². The van der Waals surface area contributed by atoms with Crippen molar-refractivity contribution in [2.75, 3.05) is 11.6 Å². The Morgan fingerprint density at radius 3 is 2.76 bits per heavy atom. The molecular formula is C20H19N3OS. The molecule has 1 aromatic heterocycles. The minimum Gasteiger partial charge on any atom is -0.358 e. The van der Waals surface area contributed by atoms with Crippen LogP contribution in [0.25, 0.3) is 0 Å². The lowest BCUT2D eigenvalue weighted by molar-refractivity contribution is 0.560. The summed E-state index contributed by atoms with van der Waals surface area (Å²) in [7, 11) is -0.447. The molecule has 0 spiro atoms. The molecule has 0 saturated carbocycles. The van der Waals surface area contributed by atoms with E-state index in [1.54, 1.807) is 0 Å². The van der Waals surface area contributed by atoms with Crippen molar-refractivity contribution in [2.24, 2.45) is 0 Å². The standard InChI is InChI=1S/C20H19N3OS/c1-10-9-22-11(2)16-18-14-6-5-13(8-21)7-15(14)25(4)20(24)17(18)12(3)23-19(10)16/h5-7,9,18,23-24H,1-4H3/t18-,25?/m0/s1. The van der Waals surface area contributed by atoms with Gasteiger partial charge in [-0.15, -0.1) is 10.5 Å². The molecule has 3 heterocycles. The number of nitriles is 1. The van der Waals surface area contributed by atoms with E-state index in [-0.39, 0.29) is 5.92 Å². The molecule has 2 aliphatic rings. The number of rotatable bonds is 0. The van der Waals surface area contributed by atoms with Crippen molar-refractivity contribution in [2.45, 2.75) is 31.6 Å². The number of anilines is 1. The molecule has 0 aliphatic carbocycles. The third-order valence-corrected chi connectivity index (χ3v) is 6.92. The number of fused-ring (bicyclic) bond motifs is 5. The molecule has 5 heteroatoms. The molecule has 0 fully saturated rings. The average molecular weight is 349 g/mol. The SMILES string of the molecule is CC1=C2C(O)=S(C)c3cc(C#N)ccc3[C@H]2c2c(C)ncc(C)c2N1. The largest absolute Gasteiger partial charge is 0.358 e. The molecule has 4 rings (SSSR count). The number of nitrogens with one attached hydrogen (secondary N) is 1. The molecule has 0 bridgehead atoms. The number of aliphatic hydroxyl groups excluding tert-OH is 1. The number of benzene rings is 1. The maximum absolute atomic E-state index is 11.0. The highest BCUT2D eigenvalue weighted by molar-refractivity contribution is 8.15. The quantitative estimate of drug-likeness (QED) is 0.693. The van der Waals surface area contributed by atoms with Gasteiger partial charge in [0.05, 0.1) is 11.6 Å². The number of aromatic nitrogens is 1. The Balaban J connectivity index is 2.11. The second-order valence-electron chi connectivity index (χ2n) is 6.59. The van der Waals surface area contributed by atoms with Gasteiger partial charge >= 0.3 is 0 Å². The first-order valence-electron chi connectivity index (χ1n) is 8.14.